The molecule has 0 amide bonds. The minimum atomic E-state index is -0.370. The van der Waals surface area contributed by atoms with Crippen molar-refractivity contribution in [1.82, 2.24) is 4.90 Å². The van der Waals surface area contributed by atoms with E-state index in [2.05, 4.69) is 10.1 Å². The number of nitrogens with two attached hydrogens (primary N) is 1. The van der Waals surface area contributed by atoms with Gasteiger partial charge in [0.05, 0.1) is 13.7 Å². The molecule has 1 aromatic carbocycles. The molecule has 0 aliphatic heterocycles. The van der Waals surface area contributed by atoms with Crippen LogP contribution < -0.4 is 10.5 Å². The molecule has 0 atom stereocenters. The average molecular weight is 295 g/mol. The number of halogens is 1. The lowest BCUT2D eigenvalue weighted by atomic mass is 10.1. The monoisotopic (exact) mass is 295 g/mol. The Morgan fingerprint density at radius 2 is 2.19 bits per heavy atom. The maximum atomic E-state index is 13.8. The fraction of sp³-hybridized carbons (Fsp3) is 0.533. The van der Waals surface area contributed by atoms with Gasteiger partial charge >= 0.3 is 0 Å². The number of amidine groups is 1. The lowest BCUT2D eigenvalue weighted by Gasteiger charge is -2.28. The Balaban J connectivity index is 2.11. The van der Waals surface area contributed by atoms with Crippen molar-refractivity contribution in [3.05, 3.63) is 29.6 Å². The van der Waals surface area contributed by atoms with Crippen molar-refractivity contribution in [2.24, 2.45) is 10.9 Å². The summed E-state index contributed by atoms with van der Waals surface area (Å²) in [6.45, 7) is 0.955. The molecule has 3 N–H and O–H groups in total. The van der Waals surface area contributed by atoms with E-state index < -0.39 is 0 Å². The number of oxime groups is 1. The minimum absolute atomic E-state index is 0.177. The standard InChI is InChI=1S/C15H22FN3O2/c1-21-14-7-6-11(8-13(14)16)9-19(10-15(17)18-20)12-4-2-3-5-12/h6-8,12,20H,2-5,9-10H2,1H3,(H2,17,18). The molecule has 116 valence electrons. The van der Waals surface area contributed by atoms with Crippen molar-refractivity contribution in [2.75, 3.05) is 13.7 Å². The van der Waals surface area contributed by atoms with Gasteiger partial charge in [0.25, 0.3) is 0 Å². The molecule has 1 fully saturated rings. The van der Waals surface area contributed by atoms with Crippen LogP contribution in [0, 0.1) is 5.82 Å². The Kier molecular flexibility index (Phi) is 5.38. The van der Waals surface area contributed by atoms with E-state index in [0.717, 1.165) is 18.4 Å². The van der Waals surface area contributed by atoms with Crippen LogP contribution in [0.4, 0.5) is 4.39 Å². The quantitative estimate of drug-likeness (QED) is 0.366. The van der Waals surface area contributed by atoms with E-state index in [1.165, 1.54) is 26.0 Å². The smallest absolute Gasteiger partial charge is 0.165 e. The van der Waals surface area contributed by atoms with Gasteiger partial charge in [-0.3, -0.25) is 4.90 Å². The van der Waals surface area contributed by atoms with Crippen LogP contribution in [-0.2, 0) is 6.54 Å². The summed E-state index contributed by atoms with van der Waals surface area (Å²) in [6.07, 6.45) is 4.57. The van der Waals surface area contributed by atoms with Crippen LogP contribution in [0.3, 0.4) is 0 Å². The van der Waals surface area contributed by atoms with Gasteiger partial charge in [-0.25, -0.2) is 4.39 Å². The number of rotatable bonds is 6. The second kappa shape index (κ2) is 7.26. The largest absolute Gasteiger partial charge is 0.494 e. The summed E-state index contributed by atoms with van der Waals surface area (Å²) in [7, 11) is 1.45. The molecule has 0 saturated heterocycles. The Bertz CT molecular complexity index is 502. The Labute approximate surface area is 124 Å². The molecule has 5 nitrogen and oxygen atoms in total. The van der Waals surface area contributed by atoms with Crippen molar-refractivity contribution < 1.29 is 14.3 Å². The van der Waals surface area contributed by atoms with Crippen LogP contribution in [-0.4, -0.2) is 35.6 Å². The minimum Gasteiger partial charge on any atom is -0.494 e. The molecule has 0 aromatic heterocycles. The molecule has 0 bridgehead atoms. The van der Waals surface area contributed by atoms with Gasteiger partial charge in [-0.05, 0) is 30.5 Å². The molecule has 0 radical (unpaired) electrons. The Morgan fingerprint density at radius 1 is 1.48 bits per heavy atom. The predicted molar refractivity (Wildman–Crippen MR) is 79.0 cm³/mol. The molecule has 6 heteroatoms. The van der Waals surface area contributed by atoms with Gasteiger partial charge in [0.1, 0.15) is 0 Å². The molecule has 0 unspecified atom stereocenters. The zero-order chi connectivity index (χ0) is 15.2. The molecule has 1 saturated carbocycles. The fourth-order valence-electron chi connectivity index (χ4n) is 2.87. The van der Waals surface area contributed by atoms with Crippen LogP contribution in [0.5, 0.6) is 5.75 Å². The molecule has 21 heavy (non-hydrogen) atoms. The normalized spacial score (nSPS) is 16.6. The molecule has 1 aliphatic carbocycles. The highest BCUT2D eigenvalue weighted by Crippen LogP contribution is 2.26. The zero-order valence-electron chi connectivity index (χ0n) is 12.3. The first-order chi connectivity index (χ1) is 10.1. The first-order valence-corrected chi connectivity index (χ1v) is 7.17. The Hall–Kier alpha value is -1.82. The highest BCUT2D eigenvalue weighted by molar-refractivity contribution is 5.81. The van der Waals surface area contributed by atoms with Crippen LogP contribution in [0.2, 0.25) is 0 Å². The maximum absolute atomic E-state index is 13.8. The summed E-state index contributed by atoms with van der Waals surface area (Å²) >= 11 is 0. The lowest BCUT2D eigenvalue weighted by molar-refractivity contribution is 0.213. The SMILES string of the molecule is COc1ccc(CN(CC(N)=NO)C2CCCC2)cc1F. The topological polar surface area (TPSA) is 71.1 Å². The summed E-state index contributed by atoms with van der Waals surface area (Å²) in [4.78, 5) is 2.14. The maximum Gasteiger partial charge on any atom is 0.165 e. The van der Waals surface area contributed by atoms with E-state index in [1.807, 2.05) is 6.07 Å². The van der Waals surface area contributed by atoms with E-state index in [1.54, 1.807) is 6.07 Å². The van der Waals surface area contributed by atoms with Crippen molar-refractivity contribution in [1.29, 1.82) is 0 Å². The molecule has 1 aromatic rings. The molecule has 0 spiro atoms. The van der Waals surface area contributed by atoms with Gasteiger partial charge in [0.15, 0.2) is 17.4 Å². The summed E-state index contributed by atoms with van der Waals surface area (Å²) in [5.74, 6) is 0.0450. The molecule has 2 rings (SSSR count). The number of methoxy groups -OCH3 is 1. The second-order valence-electron chi connectivity index (χ2n) is 5.40. The fourth-order valence-corrected chi connectivity index (χ4v) is 2.87. The number of nitrogens with zero attached hydrogens (tertiary/aromatic N) is 2. The number of benzene rings is 1. The van der Waals surface area contributed by atoms with Crippen molar-refractivity contribution in [2.45, 2.75) is 38.3 Å². The molecule has 1 aliphatic rings. The second-order valence-corrected chi connectivity index (χ2v) is 5.40. The van der Waals surface area contributed by atoms with Gasteiger partial charge in [0.2, 0.25) is 0 Å². The first kappa shape index (κ1) is 15.6. The van der Waals surface area contributed by atoms with E-state index >= 15 is 0 Å². The van der Waals surface area contributed by atoms with E-state index in [-0.39, 0.29) is 17.4 Å². The van der Waals surface area contributed by atoms with Gasteiger partial charge < -0.3 is 15.7 Å². The number of hydrogen-bond acceptors (Lipinski definition) is 4. The van der Waals surface area contributed by atoms with Crippen molar-refractivity contribution >= 4 is 5.84 Å². The zero-order valence-corrected chi connectivity index (χ0v) is 12.3. The predicted octanol–water partition coefficient (Wildman–Crippen LogP) is 2.33. The third-order valence-corrected chi connectivity index (χ3v) is 3.94. The first-order valence-electron chi connectivity index (χ1n) is 7.17. The highest BCUT2D eigenvalue weighted by Gasteiger charge is 2.23. The molecule has 0 heterocycles. The van der Waals surface area contributed by atoms with Gasteiger partial charge in [0, 0.05) is 12.6 Å². The average Bonchev–Trinajstić information content (AvgIpc) is 3.01. The Morgan fingerprint density at radius 3 is 2.76 bits per heavy atom. The number of ether oxygens (including phenoxy) is 1. The van der Waals surface area contributed by atoms with Gasteiger partial charge in [-0.2, -0.15) is 0 Å². The third-order valence-electron chi connectivity index (χ3n) is 3.94. The van der Waals surface area contributed by atoms with E-state index in [9.17, 15) is 4.39 Å². The van der Waals surface area contributed by atoms with Crippen LogP contribution in [0.1, 0.15) is 31.2 Å². The number of hydrogen-bond donors (Lipinski definition) is 2. The third kappa shape index (κ3) is 4.07. The summed E-state index contributed by atoms with van der Waals surface area (Å²) < 4.78 is 18.7. The lowest BCUT2D eigenvalue weighted by Crippen LogP contribution is -2.39. The van der Waals surface area contributed by atoms with Crippen molar-refractivity contribution in [3.63, 3.8) is 0 Å². The van der Waals surface area contributed by atoms with Crippen LogP contribution in [0.25, 0.3) is 0 Å². The van der Waals surface area contributed by atoms with E-state index in [4.69, 9.17) is 15.7 Å². The van der Waals surface area contributed by atoms with Gasteiger partial charge in [-0.15, -0.1) is 0 Å². The summed E-state index contributed by atoms with van der Waals surface area (Å²) in [6, 6.07) is 5.35. The van der Waals surface area contributed by atoms with Gasteiger partial charge in [-0.1, -0.05) is 24.1 Å². The van der Waals surface area contributed by atoms with Crippen molar-refractivity contribution in [3.8, 4) is 5.75 Å². The summed E-state index contributed by atoms with van der Waals surface area (Å²) in [5.41, 5.74) is 6.49. The van der Waals surface area contributed by atoms with E-state index in [0.29, 0.717) is 19.1 Å². The molecular weight excluding hydrogens is 273 g/mol. The van der Waals surface area contributed by atoms with Crippen LogP contribution in [0.15, 0.2) is 23.4 Å². The summed E-state index contributed by atoms with van der Waals surface area (Å²) in [5, 5.41) is 11.8. The van der Waals surface area contributed by atoms with Crippen LogP contribution >= 0.6 is 0 Å². The molecular formula is C15H22FN3O2. The highest BCUT2D eigenvalue weighted by atomic mass is 19.1.